The van der Waals surface area contributed by atoms with Crippen LogP contribution in [0.2, 0.25) is 5.02 Å². The SMILES string of the molecule is CN(C)c1ccc(N2C(=O)CN(Cc3ccc(F)cc3)C2=S)cc1Cl. The van der Waals surface area contributed by atoms with E-state index >= 15 is 0 Å². The smallest absolute Gasteiger partial charge is 0.252 e. The van der Waals surface area contributed by atoms with E-state index in [-0.39, 0.29) is 18.3 Å². The quantitative estimate of drug-likeness (QED) is 0.759. The van der Waals surface area contributed by atoms with Crippen molar-refractivity contribution >= 4 is 46.2 Å². The molecule has 1 amide bonds. The molecular formula is C18H17ClFN3OS. The van der Waals surface area contributed by atoms with Crippen molar-refractivity contribution in [2.75, 3.05) is 30.4 Å². The highest BCUT2D eigenvalue weighted by atomic mass is 35.5. The van der Waals surface area contributed by atoms with Gasteiger partial charge in [0.1, 0.15) is 12.4 Å². The Morgan fingerprint density at radius 1 is 1.20 bits per heavy atom. The van der Waals surface area contributed by atoms with E-state index in [9.17, 15) is 9.18 Å². The summed E-state index contributed by atoms with van der Waals surface area (Å²) in [5.74, 6) is -0.401. The zero-order valence-electron chi connectivity index (χ0n) is 13.9. The molecule has 1 saturated heterocycles. The monoisotopic (exact) mass is 377 g/mol. The molecule has 3 rings (SSSR count). The van der Waals surface area contributed by atoms with E-state index in [0.29, 0.717) is 22.4 Å². The van der Waals surface area contributed by atoms with Crippen molar-refractivity contribution in [2.24, 2.45) is 0 Å². The van der Waals surface area contributed by atoms with Gasteiger partial charge in [-0.25, -0.2) is 4.39 Å². The molecule has 1 fully saturated rings. The lowest BCUT2D eigenvalue weighted by atomic mass is 10.2. The lowest BCUT2D eigenvalue weighted by molar-refractivity contribution is -0.116. The molecular weight excluding hydrogens is 361 g/mol. The number of hydrogen-bond donors (Lipinski definition) is 0. The van der Waals surface area contributed by atoms with Gasteiger partial charge in [-0.15, -0.1) is 0 Å². The summed E-state index contributed by atoms with van der Waals surface area (Å²) in [7, 11) is 3.80. The van der Waals surface area contributed by atoms with Gasteiger partial charge in [0.05, 0.1) is 16.4 Å². The van der Waals surface area contributed by atoms with E-state index in [1.165, 1.54) is 17.0 Å². The first-order valence-corrected chi connectivity index (χ1v) is 8.48. The van der Waals surface area contributed by atoms with Crippen LogP contribution in [0.3, 0.4) is 0 Å². The van der Waals surface area contributed by atoms with Crippen LogP contribution < -0.4 is 9.80 Å². The van der Waals surface area contributed by atoms with Crippen molar-refractivity contribution in [2.45, 2.75) is 6.54 Å². The van der Waals surface area contributed by atoms with Crippen molar-refractivity contribution in [3.8, 4) is 0 Å². The summed E-state index contributed by atoms with van der Waals surface area (Å²) in [6.45, 7) is 0.633. The number of amides is 1. The molecule has 4 nitrogen and oxygen atoms in total. The average molecular weight is 378 g/mol. The minimum absolute atomic E-state index is 0.110. The molecule has 0 aliphatic carbocycles. The van der Waals surface area contributed by atoms with Crippen LogP contribution in [0.15, 0.2) is 42.5 Å². The average Bonchev–Trinajstić information content (AvgIpc) is 2.83. The number of halogens is 2. The van der Waals surface area contributed by atoms with E-state index in [1.807, 2.05) is 31.1 Å². The molecule has 1 aliphatic heterocycles. The fourth-order valence-electron chi connectivity index (χ4n) is 2.74. The fourth-order valence-corrected chi connectivity index (χ4v) is 3.42. The normalized spacial score (nSPS) is 14.4. The molecule has 25 heavy (non-hydrogen) atoms. The second kappa shape index (κ2) is 6.98. The van der Waals surface area contributed by atoms with Gasteiger partial charge in [-0.2, -0.15) is 0 Å². The van der Waals surface area contributed by atoms with Gasteiger partial charge in [-0.3, -0.25) is 9.69 Å². The molecule has 1 aliphatic rings. The van der Waals surface area contributed by atoms with Crippen LogP contribution in [0, 0.1) is 5.82 Å². The van der Waals surface area contributed by atoms with Gasteiger partial charge >= 0.3 is 0 Å². The third-order valence-corrected chi connectivity index (χ3v) is 4.74. The predicted octanol–water partition coefficient (Wildman–Crippen LogP) is 3.68. The maximum Gasteiger partial charge on any atom is 0.252 e. The van der Waals surface area contributed by atoms with Crippen LogP contribution in [-0.2, 0) is 11.3 Å². The number of nitrogens with zero attached hydrogens (tertiary/aromatic N) is 3. The Kier molecular flexibility index (Phi) is 4.92. The molecule has 0 atom stereocenters. The van der Waals surface area contributed by atoms with Crippen molar-refractivity contribution < 1.29 is 9.18 Å². The number of benzene rings is 2. The van der Waals surface area contributed by atoms with Gasteiger partial charge in [0.15, 0.2) is 5.11 Å². The minimum Gasteiger partial charge on any atom is -0.376 e. The van der Waals surface area contributed by atoms with Crippen molar-refractivity contribution in [1.29, 1.82) is 0 Å². The Labute approximate surface area is 156 Å². The second-order valence-corrected chi connectivity index (χ2v) is 6.80. The van der Waals surface area contributed by atoms with Crippen LogP contribution in [-0.4, -0.2) is 36.6 Å². The molecule has 0 aromatic heterocycles. The number of rotatable bonds is 4. The van der Waals surface area contributed by atoms with Crippen LogP contribution in [0.25, 0.3) is 0 Å². The summed E-state index contributed by atoms with van der Waals surface area (Å²) in [4.78, 5) is 17.6. The molecule has 0 spiro atoms. The minimum atomic E-state index is -0.291. The van der Waals surface area contributed by atoms with E-state index in [4.69, 9.17) is 23.8 Å². The number of thiocarbonyl (C=S) groups is 1. The topological polar surface area (TPSA) is 26.8 Å². The molecule has 0 radical (unpaired) electrons. The standard InChI is InChI=1S/C18H17ClFN3OS/c1-21(2)16-8-7-14(9-15(16)19)23-17(24)11-22(18(23)25)10-12-3-5-13(20)6-4-12/h3-9H,10-11H2,1-2H3. The number of anilines is 2. The highest BCUT2D eigenvalue weighted by Crippen LogP contribution is 2.31. The molecule has 2 aromatic rings. The zero-order valence-corrected chi connectivity index (χ0v) is 15.4. The Hall–Kier alpha value is -2.18. The van der Waals surface area contributed by atoms with E-state index in [1.54, 1.807) is 23.1 Å². The number of hydrogen-bond acceptors (Lipinski definition) is 3. The first-order valence-electron chi connectivity index (χ1n) is 7.70. The highest BCUT2D eigenvalue weighted by molar-refractivity contribution is 7.80. The van der Waals surface area contributed by atoms with E-state index in [2.05, 4.69) is 0 Å². The van der Waals surface area contributed by atoms with E-state index in [0.717, 1.165) is 11.3 Å². The first-order chi connectivity index (χ1) is 11.9. The van der Waals surface area contributed by atoms with Gasteiger partial charge < -0.3 is 9.80 Å². The van der Waals surface area contributed by atoms with Crippen molar-refractivity contribution in [3.63, 3.8) is 0 Å². The van der Waals surface area contributed by atoms with Gasteiger partial charge in [0, 0.05) is 20.6 Å². The Morgan fingerprint density at radius 3 is 2.48 bits per heavy atom. The third-order valence-electron chi connectivity index (χ3n) is 4.00. The summed E-state index contributed by atoms with van der Waals surface area (Å²) < 4.78 is 13.0. The number of carbonyl (C=O) groups excluding carboxylic acids is 1. The fraction of sp³-hybridized carbons (Fsp3) is 0.222. The maximum absolute atomic E-state index is 13.0. The molecule has 0 unspecified atom stereocenters. The molecule has 0 saturated carbocycles. The summed E-state index contributed by atoms with van der Waals surface area (Å²) in [6, 6.07) is 11.6. The lowest BCUT2D eigenvalue weighted by Crippen LogP contribution is -2.32. The Morgan fingerprint density at radius 2 is 1.88 bits per heavy atom. The van der Waals surface area contributed by atoms with Crippen LogP contribution in [0.5, 0.6) is 0 Å². The first kappa shape index (κ1) is 17.6. The molecule has 130 valence electrons. The summed E-state index contributed by atoms with van der Waals surface area (Å²) in [5, 5.41) is 0.970. The van der Waals surface area contributed by atoms with Crippen LogP contribution >= 0.6 is 23.8 Å². The summed E-state index contributed by atoms with van der Waals surface area (Å²) in [5.41, 5.74) is 2.40. The molecule has 1 heterocycles. The summed E-state index contributed by atoms with van der Waals surface area (Å²) >= 11 is 11.8. The Balaban J connectivity index is 1.81. The van der Waals surface area contributed by atoms with E-state index < -0.39 is 0 Å². The molecule has 7 heteroatoms. The summed E-state index contributed by atoms with van der Waals surface area (Å²) in [6.07, 6.45) is 0. The van der Waals surface area contributed by atoms with Gasteiger partial charge in [-0.1, -0.05) is 23.7 Å². The van der Waals surface area contributed by atoms with Crippen molar-refractivity contribution in [1.82, 2.24) is 4.90 Å². The third kappa shape index (κ3) is 3.60. The largest absolute Gasteiger partial charge is 0.376 e. The molecule has 0 bridgehead atoms. The zero-order chi connectivity index (χ0) is 18.1. The van der Waals surface area contributed by atoms with Crippen LogP contribution in [0.1, 0.15) is 5.56 Å². The van der Waals surface area contributed by atoms with Gasteiger partial charge in [0.25, 0.3) is 5.91 Å². The predicted molar refractivity (Wildman–Crippen MR) is 103 cm³/mol. The van der Waals surface area contributed by atoms with Crippen LogP contribution in [0.4, 0.5) is 15.8 Å². The molecule has 0 N–H and O–H groups in total. The number of carbonyl (C=O) groups is 1. The molecule has 2 aromatic carbocycles. The highest BCUT2D eigenvalue weighted by Gasteiger charge is 2.34. The van der Waals surface area contributed by atoms with Gasteiger partial charge in [0.2, 0.25) is 0 Å². The van der Waals surface area contributed by atoms with Gasteiger partial charge in [-0.05, 0) is 48.1 Å². The lowest BCUT2D eigenvalue weighted by Gasteiger charge is -2.22. The Bertz CT molecular complexity index is 826. The maximum atomic E-state index is 13.0. The second-order valence-electron chi connectivity index (χ2n) is 6.02. The van der Waals surface area contributed by atoms with Crippen molar-refractivity contribution in [3.05, 3.63) is 58.9 Å².